The first-order chi connectivity index (χ1) is 10.1. The molecule has 0 saturated heterocycles. The Balaban J connectivity index is 1.98. The smallest absolute Gasteiger partial charge is 0.262 e. The van der Waals surface area contributed by atoms with Crippen LogP contribution in [0.2, 0.25) is 5.02 Å². The first-order valence-electron chi connectivity index (χ1n) is 6.21. The zero-order valence-electron chi connectivity index (χ0n) is 10.7. The minimum Gasteiger partial charge on any atom is -0.482 e. The Morgan fingerprint density at radius 3 is 2.90 bits per heavy atom. The number of carbonyl (C=O) groups excluding carboxylic acids is 1. The average Bonchev–Trinajstić information content (AvgIpc) is 2.48. The van der Waals surface area contributed by atoms with Gasteiger partial charge in [-0.15, -0.1) is 0 Å². The van der Waals surface area contributed by atoms with Gasteiger partial charge in [-0.1, -0.05) is 45.7 Å². The Labute approximate surface area is 143 Å². The van der Waals surface area contributed by atoms with Crippen molar-refractivity contribution in [1.82, 2.24) is 0 Å². The molecule has 0 aliphatic carbocycles. The van der Waals surface area contributed by atoms with Gasteiger partial charge in [0.05, 0.1) is 15.5 Å². The molecule has 2 aromatic rings. The fourth-order valence-electron chi connectivity index (χ4n) is 2.15. The lowest BCUT2D eigenvalue weighted by Crippen LogP contribution is -2.25. The molecule has 6 heteroatoms. The standard InChI is InChI=1S/C15H10Br2ClNO2/c16-10-3-1-2-9(15(10)18)14(17)8-4-5-12-11(6-8)19-13(20)7-21-12/h1-6,14H,7H2,(H,19,20). The number of rotatable bonds is 2. The summed E-state index contributed by atoms with van der Waals surface area (Å²) in [5.41, 5.74) is 2.62. The number of hydrogen-bond acceptors (Lipinski definition) is 2. The van der Waals surface area contributed by atoms with Crippen molar-refractivity contribution in [1.29, 1.82) is 0 Å². The molecule has 0 spiro atoms. The van der Waals surface area contributed by atoms with Gasteiger partial charge in [0.1, 0.15) is 5.75 Å². The quantitative estimate of drug-likeness (QED) is 0.686. The van der Waals surface area contributed by atoms with Crippen molar-refractivity contribution < 1.29 is 9.53 Å². The van der Waals surface area contributed by atoms with Gasteiger partial charge in [0, 0.05) is 4.47 Å². The molecule has 108 valence electrons. The van der Waals surface area contributed by atoms with Crippen LogP contribution in [0.15, 0.2) is 40.9 Å². The van der Waals surface area contributed by atoms with Crippen molar-refractivity contribution >= 4 is 55.1 Å². The van der Waals surface area contributed by atoms with Crippen LogP contribution in [0.3, 0.4) is 0 Å². The highest BCUT2D eigenvalue weighted by Gasteiger charge is 2.20. The van der Waals surface area contributed by atoms with Gasteiger partial charge in [-0.25, -0.2) is 0 Å². The lowest BCUT2D eigenvalue weighted by atomic mass is 10.0. The summed E-state index contributed by atoms with van der Waals surface area (Å²) >= 11 is 13.4. The molecule has 2 aromatic carbocycles. The van der Waals surface area contributed by atoms with Crippen LogP contribution in [0.4, 0.5) is 5.69 Å². The molecule has 0 fully saturated rings. The number of hydrogen-bond donors (Lipinski definition) is 1. The lowest BCUT2D eigenvalue weighted by molar-refractivity contribution is -0.118. The number of amides is 1. The summed E-state index contributed by atoms with van der Waals surface area (Å²) in [6, 6.07) is 11.5. The molecule has 3 nitrogen and oxygen atoms in total. The molecule has 1 amide bonds. The largest absolute Gasteiger partial charge is 0.482 e. The number of ether oxygens (including phenoxy) is 1. The van der Waals surface area contributed by atoms with Crippen molar-refractivity contribution in [3.05, 3.63) is 57.0 Å². The van der Waals surface area contributed by atoms with Crippen molar-refractivity contribution in [3.63, 3.8) is 0 Å². The molecule has 1 aliphatic rings. The van der Waals surface area contributed by atoms with E-state index in [0.29, 0.717) is 16.5 Å². The van der Waals surface area contributed by atoms with Gasteiger partial charge in [-0.2, -0.15) is 0 Å². The Kier molecular flexibility index (Phi) is 4.24. The van der Waals surface area contributed by atoms with E-state index in [1.807, 2.05) is 36.4 Å². The molecular weight excluding hydrogens is 421 g/mol. The number of halogens is 3. The van der Waals surface area contributed by atoms with E-state index in [1.54, 1.807) is 0 Å². The van der Waals surface area contributed by atoms with Gasteiger partial charge in [-0.05, 0) is 45.3 Å². The summed E-state index contributed by atoms with van der Waals surface area (Å²) in [4.78, 5) is 11.3. The van der Waals surface area contributed by atoms with Gasteiger partial charge in [0.25, 0.3) is 5.91 Å². The van der Waals surface area contributed by atoms with Gasteiger partial charge >= 0.3 is 0 Å². The molecule has 0 bridgehead atoms. The molecule has 0 saturated carbocycles. The van der Waals surface area contributed by atoms with Crippen LogP contribution in [0.5, 0.6) is 5.75 Å². The Bertz CT molecular complexity index is 721. The maximum Gasteiger partial charge on any atom is 0.262 e. The third-order valence-electron chi connectivity index (χ3n) is 3.18. The number of alkyl halides is 1. The first-order valence-corrected chi connectivity index (χ1v) is 8.29. The number of anilines is 1. The molecule has 1 unspecified atom stereocenters. The van der Waals surface area contributed by atoms with Crippen LogP contribution in [-0.4, -0.2) is 12.5 Å². The fourth-order valence-corrected chi connectivity index (χ4v) is 3.57. The minimum absolute atomic E-state index is 0.0571. The van der Waals surface area contributed by atoms with Crippen LogP contribution in [0, 0.1) is 0 Å². The van der Waals surface area contributed by atoms with Gasteiger partial charge in [0.2, 0.25) is 0 Å². The lowest BCUT2D eigenvalue weighted by Gasteiger charge is -2.20. The van der Waals surface area contributed by atoms with E-state index in [1.165, 1.54) is 0 Å². The maximum absolute atomic E-state index is 11.4. The second-order valence-corrected chi connectivity index (χ2v) is 6.75. The number of carbonyl (C=O) groups is 1. The maximum atomic E-state index is 11.4. The second-order valence-electron chi connectivity index (χ2n) is 4.60. The molecule has 3 rings (SSSR count). The van der Waals surface area contributed by atoms with E-state index in [2.05, 4.69) is 37.2 Å². The van der Waals surface area contributed by atoms with E-state index >= 15 is 0 Å². The van der Waals surface area contributed by atoms with Gasteiger partial charge in [-0.3, -0.25) is 4.79 Å². The Morgan fingerprint density at radius 1 is 1.29 bits per heavy atom. The van der Waals surface area contributed by atoms with E-state index in [-0.39, 0.29) is 17.3 Å². The van der Waals surface area contributed by atoms with Crippen molar-refractivity contribution in [2.24, 2.45) is 0 Å². The number of benzene rings is 2. The molecule has 1 atom stereocenters. The zero-order chi connectivity index (χ0) is 15.0. The second kappa shape index (κ2) is 5.99. The topological polar surface area (TPSA) is 38.3 Å². The summed E-state index contributed by atoms with van der Waals surface area (Å²) in [6.45, 7) is 0.0571. The van der Waals surface area contributed by atoms with Crippen LogP contribution in [-0.2, 0) is 4.79 Å². The fraction of sp³-hybridized carbons (Fsp3) is 0.133. The SMILES string of the molecule is O=C1COc2ccc(C(Br)c3cccc(Br)c3Cl)cc2N1. The Hall–Kier alpha value is -1.04. The summed E-state index contributed by atoms with van der Waals surface area (Å²) in [5, 5.41) is 3.47. The zero-order valence-corrected chi connectivity index (χ0v) is 14.6. The average molecular weight is 432 g/mol. The summed E-state index contributed by atoms with van der Waals surface area (Å²) in [5.74, 6) is 0.532. The highest BCUT2D eigenvalue weighted by molar-refractivity contribution is 9.10. The summed E-state index contributed by atoms with van der Waals surface area (Å²) in [7, 11) is 0. The molecule has 1 heterocycles. The predicted octanol–water partition coefficient (Wildman–Crippen LogP) is 4.92. The van der Waals surface area contributed by atoms with Gasteiger partial charge in [0.15, 0.2) is 6.61 Å². The summed E-state index contributed by atoms with van der Waals surface area (Å²) in [6.07, 6.45) is 0. The van der Waals surface area contributed by atoms with Crippen molar-refractivity contribution in [3.8, 4) is 5.75 Å². The molecule has 0 radical (unpaired) electrons. The van der Waals surface area contributed by atoms with Crippen molar-refractivity contribution in [2.75, 3.05) is 11.9 Å². The Morgan fingerprint density at radius 2 is 2.10 bits per heavy atom. The highest BCUT2D eigenvalue weighted by Crippen LogP contribution is 2.40. The van der Waals surface area contributed by atoms with E-state index < -0.39 is 0 Å². The van der Waals surface area contributed by atoms with E-state index in [0.717, 1.165) is 15.6 Å². The summed E-state index contributed by atoms with van der Waals surface area (Å²) < 4.78 is 6.21. The van der Waals surface area contributed by atoms with Crippen LogP contribution < -0.4 is 10.1 Å². The van der Waals surface area contributed by atoms with E-state index in [9.17, 15) is 4.79 Å². The van der Waals surface area contributed by atoms with Crippen molar-refractivity contribution in [2.45, 2.75) is 4.83 Å². The molecular formula is C15H10Br2ClNO2. The minimum atomic E-state index is -0.147. The number of nitrogens with one attached hydrogen (secondary N) is 1. The molecule has 1 aliphatic heterocycles. The molecule has 1 N–H and O–H groups in total. The third kappa shape index (κ3) is 2.96. The van der Waals surface area contributed by atoms with Crippen LogP contribution >= 0.6 is 43.5 Å². The van der Waals surface area contributed by atoms with E-state index in [4.69, 9.17) is 16.3 Å². The normalized spacial score (nSPS) is 14.9. The molecule has 21 heavy (non-hydrogen) atoms. The predicted molar refractivity (Wildman–Crippen MR) is 90.5 cm³/mol. The number of fused-ring (bicyclic) bond motifs is 1. The molecule has 0 aromatic heterocycles. The monoisotopic (exact) mass is 429 g/mol. The first kappa shape index (κ1) is 14.9. The van der Waals surface area contributed by atoms with Crippen LogP contribution in [0.25, 0.3) is 0 Å². The van der Waals surface area contributed by atoms with Gasteiger partial charge < -0.3 is 10.1 Å². The third-order valence-corrected chi connectivity index (χ3v) is 5.52. The van der Waals surface area contributed by atoms with Crippen LogP contribution in [0.1, 0.15) is 16.0 Å². The highest BCUT2D eigenvalue weighted by atomic mass is 79.9.